The van der Waals surface area contributed by atoms with Gasteiger partial charge in [0.1, 0.15) is 5.82 Å². The summed E-state index contributed by atoms with van der Waals surface area (Å²) >= 11 is 0. The highest BCUT2D eigenvalue weighted by Crippen LogP contribution is 2.06. The summed E-state index contributed by atoms with van der Waals surface area (Å²) in [5, 5.41) is 8.47. The quantitative estimate of drug-likeness (QED) is 0.830. The first-order valence-corrected chi connectivity index (χ1v) is 4.30. The molecule has 0 fully saturated rings. The van der Waals surface area contributed by atoms with E-state index in [0.717, 1.165) is 5.56 Å². The fourth-order valence-corrected chi connectivity index (χ4v) is 1.22. The molecule has 0 radical (unpaired) electrons. The summed E-state index contributed by atoms with van der Waals surface area (Å²) in [5.74, 6) is -1.22. The first-order valence-electron chi connectivity index (χ1n) is 4.30. The van der Waals surface area contributed by atoms with Crippen molar-refractivity contribution in [2.45, 2.75) is 18.9 Å². The lowest BCUT2D eigenvalue weighted by Gasteiger charge is -2.08. The molecule has 1 aromatic rings. The van der Waals surface area contributed by atoms with Crippen molar-refractivity contribution < 1.29 is 14.3 Å². The van der Waals surface area contributed by atoms with E-state index >= 15 is 0 Å². The summed E-state index contributed by atoms with van der Waals surface area (Å²) in [7, 11) is 0. The lowest BCUT2D eigenvalue weighted by atomic mass is 10.0. The number of carbonyl (C=O) groups is 1. The van der Waals surface area contributed by atoms with E-state index in [9.17, 15) is 9.18 Å². The van der Waals surface area contributed by atoms with Crippen molar-refractivity contribution in [1.29, 1.82) is 0 Å². The number of hydrogen-bond donors (Lipinski definition) is 2. The largest absolute Gasteiger partial charge is 0.481 e. The van der Waals surface area contributed by atoms with Crippen LogP contribution >= 0.6 is 12.4 Å². The van der Waals surface area contributed by atoms with Crippen molar-refractivity contribution in [3.8, 4) is 0 Å². The van der Waals surface area contributed by atoms with Crippen LogP contribution in [0.4, 0.5) is 4.39 Å². The van der Waals surface area contributed by atoms with Crippen molar-refractivity contribution >= 4 is 18.4 Å². The zero-order chi connectivity index (χ0) is 10.6. The minimum absolute atomic E-state index is 0. The molecular weight excluding hydrogens is 221 g/mol. The Morgan fingerprint density at radius 1 is 1.40 bits per heavy atom. The highest BCUT2D eigenvalue weighted by molar-refractivity contribution is 5.85. The minimum Gasteiger partial charge on any atom is -0.481 e. The van der Waals surface area contributed by atoms with E-state index in [4.69, 9.17) is 10.8 Å². The molecule has 0 amide bonds. The first-order chi connectivity index (χ1) is 6.58. The number of carboxylic acids is 1. The van der Waals surface area contributed by atoms with Crippen molar-refractivity contribution in [2.75, 3.05) is 0 Å². The number of aliphatic carboxylic acids is 1. The number of nitrogens with two attached hydrogens (primary N) is 1. The minimum atomic E-state index is -0.917. The maximum Gasteiger partial charge on any atom is 0.304 e. The smallest absolute Gasteiger partial charge is 0.304 e. The zero-order valence-corrected chi connectivity index (χ0v) is 8.84. The monoisotopic (exact) mass is 233 g/mol. The van der Waals surface area contributed by atoms with Crippen molar-refractivity contribution in [3.05, 3.63) is 35.6 Å². The molecular formula is C10H13ClFNO2. The van der Waals surface area contributed by atoms with Crippen molar-refractivity contribution in [3.63, 3.8) is 0 Å². The maximum absolute atomic E-state index is 12.5. The van der Waals surface area contributed by atoms with E-state index in [0.29, 0.717) is 6.42 Å². The van der Waals surface area contributed by atoms with E-state index in [1.165, 1.54) is 12.1 Å². The Bertz CT molecular complexity index is 316. The van der Waals surface area contributed by atoms with E-state index in [1.54, 1.807) is 12.1 Å². The van der Waals surface area contributed by atoms with Gasteiger partial charge >= 0.3 is 5.97 Å². The van der Waals surface area contributed by atoms with E-state index < -0.39 is 12.0 Å². The molecule has 1 rings (SSSR count). The van der Waals surface area contributed by atoms with Gasteiger partial charge in [-0.25, -0.2) is 4.39 Å². The van der Waals surface area contributed by atoms with Gasteiger partial charge in [0.2, 0.25) is 0 Å². The van der Waals surface area contributed by atoms with Gasteiger partial charge in [0, 0.05) is 6.04 Å². The number of halogens is 2. The summed E-state index contributed by atoms with van der Waals surface area (Å²) in [4.78, 5) is 10.3. The number of carboxylic acid groups (broad SMARTS) is 1. The van der Waals surface area contributed by atoms with Gasteiger partial charge < -0.3 is 10.8 Å². The third-order valence-electron chi connectivity index (χ3n) is 1.85. The SMILES string of the molecule is Cl.N[C@@H](CC(=O)O)Cc1ccc(F)cc1. The summed E-state index contributed by atoms with van der Waals surface area (Å²) in [6.45, 7) is 0. The molecule has 15 heavy (non-hydrogen) atoms. The van der Waals surface area contributed by atoms with Crippen LogP contribution < -0.4 is 5.73 Å². The molecule has 1 aromatic carbocycles. The van der Waals surface area contributed by atoms with Crippen LogP contribution in [0.5, 0.6) is 0 Å². The first kappa shape index (κ1) is 13.9. The molecule has 0 aliphatic heterocycles. The van der Waals surface area contributed by atoms with Crippen molar-refractivity contribution in [1.82, 2.24) is 0 Å². The topological polar surface area (TPSA) is 63.3 Å². The van der Waals surface area contributed by atoms with Crippen molar-refractivity contribution in [2.24, 2.45) is 5.73 Å². The van der Waals surface area contributed by atoms with Crippen LogP contribution in [0.3, 0.4) is 0 Å². The molecule has 0 aliphatic carbocycles. The number of hydrogen-bond acceptors (Lipinski definition) is 2. The standard InChI is InChI=1S/C10H12FNO2.ClH/c11-8-3-1-7(2-4-8)5-9(12)6-10(13)14;/h1-4,9H,5-6,12H2,(H,13,14);1H/t9-;/m1./s1. The van der Waals surface area contributed by atoms with Gasteiger partial charge in [0.15, 0.2) is 0 Å². The molecule has 0 saturated heterocycles. The molecule has 0 unspecified atom stereocenters. The third kappa shape index (κ3) is 5.34. The molecule has 1 atom stereocenters. The lowest BCUT2D eigenvalue weighted by molar-refractivity contribution is -0.137. The van der Waals surface area contributed by atoms with Gasteiger partial charge in [-0.2, -0.15) is 0 Å². The van der Waals surface area contributed by atoms with Gasteiger partial charge in [-0.1, -0.05) is 12.1 Å². The fourth-order valence-electron chi connectivity index (χ4n) is 1.22. The Balaban J connectivity index is 0.00000196. The molecule has 0 spiro atoms. The normalized spacial score (nSPS) is 11.6. The van der Waals surface area contributed by atoms with E-state index in [2.05, 4.69) is 0 Å². The van der Waals surface area contributed by atoms with Crippen LogP contribution in [-0.4, -0.2) is 17.1 Å². The van der Waals surface area contributed by atoms with E-state index in [1.807, 2.05) is 0 Å². The summed E-state index contributed by atoms with van der Waals surface area (Å²) in [6, 6.07) is 5.47. The third-order valence-corrected chi connectivity index (χ3v) is 1.85. The van der Waals surface area contributed by atoms with Crippen LogP contribution in [0.1, 0.15) is 12.0 Å². The summed E-state index contributed by atoms with van der Waals surface area (Å²) < 4.78 is 12.5. The average Bonchev–Trinajstić information content (AvgIpc) is 2.07. The van der Waals surface area contributed by atoms with Crippen LogP contribution in [0.2, 0.25) is 0 Å². The maximum atomic E-state index is 12.5. The van der Waals surface area contributed by atoms with Crippen LogP contribution in [0.15, 0.2) is 24.3 Å². The summed E-state index contributed by atoms with van der Waals surface area (Å²) in [5.41, 5.74) is 6.42. The van der Waals surface area contributed by atoms with Crippen LogP contribution in [0, 0.1) is 5.82 Å². The second-order valence-electron chi connectivity index (χ2n) is 3.19. The van der Waals surface area contributed by atoms with Gasteiger partial charge in [-0.15, -0.1) is 12.4 Å². The molecule has 0 bridgehead atoms. The molecule has 0 aromatic heterocycles. The molecule has 5 heteroatoms. The van der Waals surface area contributed by atoms with Gasteiger partial charge in [-0.3, -0.25) is 4.79 Å². The highest BCUT2D eigenvalue weighted by Gasteiger charge is 2.08. The Labute approximate surface area is 93.5 Å². The fraction of sp³-hybridized carbons (Fsp3) is 0.300. The predicted octanol–water partition coefficient (Wildman–Crippen LogP) is 1.59. The second kappa shape index (κ2) is 6.37. The molecule has 0 saturated carbocycles. The Hall–Kier alpha value is -1.13. The van der Waals surface area contributed by atoms with Gasteiger partial charge in [0.05, 0.1) is 6.42 Å². The Morgan fingerprint density at radius 2 is 1.93 bits per heavy atom. The molecule has 0 aliphatic rings. The Morgan fingerprint density at radius 3 is 2.40 bits per heavy atom. The van der Waals surface area contributed by atoms with Gasteiger partial charge in [-0.05, 0) is 24.1 Å². The van der Waals surface area contributed by atoms with Gasteiger partial charge in [0.25, 0.3) is 0 Å². The second-order valence-corrected chi connectivity index (χ2v) is 3.19. The average molecular weight is 234 g/mol. The summed E-state index contributed by atoms with van der Waals surface area (Å²) in [6.07, 6.45) is 0.379. The predicted molar refractivity (Wildman–Crippen MR) is 57.6 cm³/mol. The molecule has 3 nitrogen and oxygen atoms in total. The number of benzene rings is 1. The molecule has 3 N–H and O–H groups in total. The Kier molecular flexibility index (Phi) is 5.89. The zero-order valence-electron chi connectivity index (χ0n) is 8.02. The van der Waals surface area contributed by atoms with Crippen LogP contribution in [-0.2, 0) is 11.2 Å². The number of rotatable bonds is 4. The van der Waals surface area contributed by atoms with Crippen LogP contribution in [0.25, 0.3) is 0 Å². The lowest BCUT2D eigenvalue weighted by Crippen LogP contribution is -2.26. The molecule has 0 heterocycles. The molecule has 84 valence electrons. The highest BCUT2D eigenvalue weighted by atomic mass is 35.5. The van der Waals surface area contributed by atoms with E-state index in [-0.39, 0.29) is 24.6 Å².